The fourth-order valence-electron chi connectivity index (χ4n) is 6.95. The molecule has 0 spiro atoms. The van der Waals surface area contributed by atoms with Crippen LogP contribution in [0.4, 0.5) is 5.95 Å². The molecule has 4 fully saturated rings. The van der Waals surface area contributed by atoms with Crippen molar-refractivity contribution in [1.82, 2.24) is 14.8 Å². The number of nitrogens with zero attached hydrogens (tertiary/aromatic N) is 3. The number of hydrogen-bond donors (Lipinski definition) is 1. The summed E-state index contributed by atoms with van der Waals surface area (Å²) >= 11 is 0. The summed E-state index contributed by atoms with van der Waals surface area (Å²) in [5, 5.41) is 11.9. The molecule has 0 amide bonds. The highest BCUT2D eigenvalue weighted by Gasteiger charge is 2.60. The predicted octanol–water partition coefficient (Wildman–Crippen LogP) is 3.40. The molecular weight excluding hydrogens is 260 g/mol. The van der Waals surface area contributed by atoms with Crippen LogP contribution in [0.1, 0.15) is 58.2 Å². The number of anilines is 1. The zero-order valence-electron chi connectivity index (χ0n) is 13.9. The molecule has 5 rings (SSSR count). The first-order valence-corrected chi connectivity index (χ1v) is 8.41. The van der Waals surface area contributed by atoms with E-state index in [1.807, 2.05) is 7.05 Å². The van der Waals surface area contributed by atoms with Crippen LogP contribution in [-0.4, -0.2) is 21.8 Å². The minimum atomic E-state index is 0.481. The first-order chi connectivity index (χ1) is 9.84. The Morgan fingerprint density at radius 3 is 2.29 bits per heavy atom. The Hall–Kier alpha value is -1.06. The minimum Gasteiger partial charge on any atom is -0.357 e. The third-order valence-corrected chi connectivity index (χ3v) is 6.46. The van der Waals surface area contributed by atoms with Crippen molar-refractivity contribution in [3.05, 3.63) is 5.82 Å². The maximum atomic E-state index is 4.46. The smallest absolute Gasteiger partial charge is 0.224 e. The van der Waals surface area contributed by atoms with Crippen LogP contribution in [-0.2, 0) is 13.5 Å². The van der Waals surface area contributed by atoms with Gasteiger partial charge in [-0.05, 0) is 60.7 Å². The van der Waals surface area contributed by atoms with E-state index in [2.05, 4.69) is 41.0 Å². The van der Waals surface area contributed by atoms with E-state index in [0.29, 0.717) is 16.2 Å². The van der Waals surface area contributed by atoms with Gasteiger partial charge in [0, 0.05) is 20.5 Å². The van der Waals surface area contributed by atoms with Crippen molar-refractivity contribution in [1.29, 1.82) is 0 Å². The molecule has 4 aliphatic carbocycles. The molecule has 2 atom stereocenters. The summed E-state index contributed by atoms with van der Waals surface area (Å²) in [4.78, 5) is 0. The lowest BCUT2D eigenvalue weighted by molar-refractivity contribution is -0.145. The first kappa shape index (κ1) is 13.6. The lowest BCUT2D eigenvalue weighted by Crippen LogP contribution is -2.55. The second kappa shape index (κ2) is 4.02. The van der Waals surface area contributed by atoms with Gasteiger partial charge in [-0.2, -0.15) is 0 Å². The van der Waals surface area contributed by atoms with Gasteiger partial charge in [0.15, 0.2) is 0 Å². The molecular formula is C17H28N4. The lowest BCUT2D eigenvalue weighted by atomic mass is 9.40. The normalized spacial score (nSPS) is 44.3. The molecule has 4 aliphatic rings. The summed E-state index contributed by atoms with van der Waals surface area (Å²) in [6.07, 6.45) is 9.69. The Morgan fingerprint density at radius 1 is 1.10 bits per heavy atom. The molecule has 0 saturated heterocycles. The van der Waals surface area contributed by atoms with Crippen molar-refractivity contribution in [3.63, 3.8) is 0 Å². The second-order valence-electron chi connectivity index (χ2n) is 9.06. The van der Waals surface area contributed by atoms with Gasteiger partial charge in [0.2, 0.25) is 5.95 Å². The van der Waals surface area contributed by atoms with Crippen molar-refractivity contribution in [2.45, 2.75) is 58.8 Å². The molecule has 1 N–H and O–H groups in total. The fourth-order valence-corrected chi connectivity index (χ4v) is 6.95. The van der Waals surface area contributed by atoms with Gasteiger partial charge in [0.25, 0.3) is 0 Å². The van der Waals surface area contributed by atoms with Crippen molar-refractivity contribution < 1.29 is 0 Å². The lowest BCUT2D eigenvalue weighted by Gasteiger charge is -2.65. The topological polar surface area (TPSA) is 42.7 Å². The average molecular weight is 288 g/mol. The van der Waals surface area contributed by atoms with Gasteiger partial charge in [-0.1, -0.05) is 13.8 Å². The maximum Gasteiger partial charge on any atom is 0.224 e. The van der Waals surface area contributed by atoms with E-state index in [-0.39, 0.29) is 0 Å². The van der Waals surface area contributed by atoms with Crippen molar-refractivity contribution in [2.75, 3.05) is 12.4 Å². The Morgan fingerprint density at radius 2 is 1.76 bits per heavy atom. The summed E-state index contributed by atoms with van der Waals surface area (Å²) in [5.41, 5.74) is 1.64. The molecule has 4 nitrogen and oxygen atoms in total. The highest BCUT2D eigenvalue weighted by molar-refractivity contribution is 5.24. The quantitative estimate of drug-likeness (QED) is 0.927. The molecule has 116 valence electrons. The van der Waals surface area contributed by atoms with E-state index in [9.17, 15) is 0 Å². The minimum absolute atomic E-state index is 0.481. The second-order valence-corrected chi connectivity index (χ2v) is 9.06. The molecule has 1 aromatic rings. The molecule has 2 unspecified atom stereocenters. The van der Waals surface area contributed by atoms with Gasteiger partial charge in [0.05, 0.1) is 0 Å². The molecule has 0 aliphatic heterocycles. The SMILES string of the molecule is CNc1nnc(CC23CC4CC(C)(CC(C)(C4)C2)C3)n1C. The van der Waals surface area contributed by atoms with Crippen molar-refractivity contribution in [2.24, 2.45) is 29.2 Å². The van der Waals surface area contributed by atoms with Gasteiger partial charge in [-0.15, -0.1) is 10.2 Å². The highest BCUT2D eigenvalue weighted by atomic mass is 15.3. The molecule has 21 heavy (non-hydrogen) atoms. The van der Waals surface area contributed by atoms with E-state index in [1.54, 1.807) is 0 Å². The van der Waals surface area contributed by atoms with Crippen LogP contribution in [0.2, 0.25) is 0 Å². The van der Waals surface area contributed by atoms with Crippen molar-refractivity contribution in [3.8, 4) is 0 Å². The average Bonchev–Trinajstić information content (AvgIpc) is 2.65. The maximum absolute atomic E-state index is 4.46. The third-order valence-electron chi connectivity index (χ3n) is 6.46. The van der Waals surface area contributed by atoms with Crippen LogP contribution in [0, 0.1) is 22.2 Å². The molecule has 4 saturated carbocycles. The largest absolute Gasteiger partial charge is 0.357 e. The third kappa shape index (κ3) is 2.01. The van der Waals surface area contributed by atoms with E-state index in [1.165, 1.54) is 38.5 Å². The van der Waals surface area contributed by atoms with Crippen LogP contribution in [0.5, 0.6) is 0 Å². The number of aromatic nitrogens is 3. The Kier molecular flexibility index (Phi) is 2.60. The summed E-state index contributed by atoms with van der Waals surface area (Å²) in [6.45, 7) is 5.08. The Labute approximate surface area is 127 Å². The summed E-state index contributed by atoms with van der Waals surface area (Å²) in [7, 11) is 4.01. The summed E-state index contributed by atoms with van der Waals surface area (Å²) in [6, 6.07) is 0. The van der Waals surface area contributed by atoms with Crippen LogP contribution in [0.25, 0.3) is 0 Å². The standard InChI is InChI=1S/C17H28N4/c1-15-5-12-6-16(2,9-15)11-17(7-12,10-15)8-13-19-20-14(18-3)21(13)4/h12H,5-11H2,1-4H3,(H,18,20). The number of rotatable bonds is 3. The van der Waals surface area contributed by atoms with Gasteiger partial charge in [0.1, 0.15) is 5.82 Å². The monoisotopic (exact) mass is 288 g/mol. The van der Waals surface area contributed by atoms with Gasteiger partial charge in [-0.25, -0.2) is 0 Å². The molecule has 4 bridgehead atoms. The van der Waals surface area contributed by atoms with E-state index < -0.39 is 0 Å². The molecule has 0 aromatic carbocycles. The van der Waals surface area contributed by atoms with Crippen LogP contribution < -0.4 is 5.32 Å². The molecule has 1 heterocycles. The van der Waals surface area contributed by atoms with E-state index in [0.717, 1.165) is 24.1 Å². The molecule has 4 heteroatoms. The first-order valence-electron chi connectivity index (χ1n) is 8.41. The number of hydrogen-bond acceptors (Lipinski definition) is 3. The number of nitrogens with one attached hydrogen (secondary N) is 1. The van der Waals surface area contributed by atoms with Gasteiger partial charge >= 0.3 is 0 Å². The highest BCUT2D eigenvalue weighted by Crippen LogP contribution is 2.70. The zero-order chi connectivity index (χ0) is 14.9. The van der Waals surface area contributed by atoms with Crippen LogP contribution in [0.3, 0.4) is 0 Å². The van der Waals surface area contributed by atoms with E-state index in [4.69, 9.17) is 0 Å². The molecule has 1 aromatic heterocycles. The molecule has 0 radical (unpaired) electrons. The summed E-state index contributed by atoms with van der Waals surface area (Å²) < 4.78 is 2.14. The van der Waals surface area contributed by atoms with E-state index >= 15 is 0 Å². The van der Waals surface area contributed by atoms with Gasteiger partial charge in [-0.3, -0.25) is 0 Å². The van der Waals surface area contributed by atoms with Gasteiger partial charge < -0.3 is 9.88 Å². The summed E-state index contributed by atoms with van der Waals surface area (Å²) in [5.74, 6) is 2.99. The Balaban J connectivity index is 1.66. The predicted molar refractivity (Wildman–Crippen MR) is 84.1 cm³/mol. The Bertz CT molecular complexity index is 557. The fraction of sp³-hybridized carbons (Fsp3) is 0.882. The zero-order valence-corrected chi connectivity index (χ0v) is 13.9. The van der Waals surface area contributed by atoms with Crippen molar-refractivity contribution >= 4 is 5.95 Å². The van der Waals surface area contributed by atoms with Crippen LogP contribution >= 0.6 is 0 Å². The van der Waals surface area contributed by atoms with Crippen LogP contribution in [0.15, 0.2) is 0 Å².